The maximum Gasteiger partial charge on any atom is 0.123 e. The molecule has 19 heavy (non-hydrogen) atoms. The maximum atomic E-state index is 13.1. The summed E-state index contributed by atoms with van der Waals surface area (Å²) in [5.74, 6) is 0.331. The van der Waals surface area contributed by atoms with E-state index in [9.17, 15) is 4.39 Å². The van der Waals surface area contributed by atoms with Gasteiger partial charge < -0.3 is 15.0 Å². The fraction of sp³-hybridized carbons (Fsp3) is 0.600. The zero-order valence-electron chi connectivity index (χ0n) is 11.7. The van der Waals surface area contributed by atoms with Crippen molar-refractivity contribution in [2.24, 2.45) is 5.92 Å². The number of nitrogens with one attached hydrogen (secondary N) is 1. The predicted octanol–water partition coefficient (Wildman–Crippen LogP) is 1.88. The Morgan fingerprint density at radius 3 is 3.05 bits per heavy atom. The highest BCUT2D eigenvalue weighted by molar-refractivity contribution is 5.16. The first kappa shape index (κ1) is 14.4. The highest BCUT2D eigenvalue weighted by Crippen LogP contribution is 2.16. The van der Waals surface area contributed by atoms with Crippen molar-refractivity contribution in [3.63, 3.8) is 0 Å². The number of rotatable bonds is 5. The van der Waals surface area contributed by atoms with Crippen molar-refractivity contribution in [2.75, 3.05) is 33.9 Å². The second kappa shape index (κ2) is 6.98. The van der Waals surface area contributed by atoms with Crippen molar-refractivity contribution in [1.82, 2.24) is 10.2 Å². The van der Waals surface area contributed by atoms with Gasteiger partial charge in [0.2, 0.25) is 0 Å². The monoisotopic (exact) mass is 266 g/mol. The maximum absolute atomic E-state index is 13.1. The Bertz CT molecular complexity index is 399. The summed E-state index contributed by atoms with van der Waals surface area (Å²) in [7, 11) is 4.09. The summed E-state index contributed by atoms with van der Waals surface area (Å²) < 4.78 is 18.7. The fourth-order valence-electron chi connectivity index (χ4n) is 2.77. The fourth-order valence-corrected chi connectivity index (χ4v) is 2.77. The molecule has 1 aromatic rings. The highest BCUT2D eigenvalue weighted by Gasteiger charge is 2.25. The molecule has 0 aromatic heterocycles. The molecule has 2 atom stereocenters. The molecular weight excluding hydrogens is 243 g/mol. The number of nitrogens with zero attached hydrogens (tertiary/aromatic N) is 1. The van der Waals surface area contributed by atoms with Crippen molar-refractivity contribution in [3.05, 3.63) is 35.6 Å². The largest absolute Gasteiger partial charge is 0.381 e. The Labute approximate surface area is 114 Å². The molecule has 1 N–H and O–H groups in total. The van der Waals surface area contributed by atoms with Crippen LogP contribution in [0.3, 0.4) is 0 Å². The van der Waals surface area contributed by atoms with E-state index in [-0.39, 0.29) is 5.82 Å². The summed E-state index contributed by atoms with van der Waals surface area (Å²) in [6.07, 6.45) is 1.06. The standard InChI is InChI=1S/C15H23FN2O/c1-17-15-6-7-19-11-13(15)10-18(2)9-12-4-3-5-14(16)8-12/h3-5,8,13,15,17H,6-7,9-11H2,1-2H3. The smallest absolute Gasteiger partial charge is 0.123 e. The average Bonchev–Trinajstić information content (AvgIpc) is 2.39. The molecule has 1 aromatic carbocycles. The zero-order chi connectivity index (χ0) is 13.7. The lowest BCUT2D eigenvalue weighted by Crippen LogP contribution is -2.45. The minimum absolute atomic E-state index is 0.167. The van der Waals surface area contributed by atoms with E-state index in [1.807, 2.05) is 13.1 Å². The van der Waals surface area contributed by atoms with E-state index < -0.39 is 0 Å². The number of hydrogen-bond acceptors (Lipinski definition) is 3. The zero-order valence-corrected chi connectivity index (χ0v) is 11.7. The molecule has 4 heteroatoms. The summed E-state index contributed by atoms with van der Waals surface area (Å²) >= 11 is 0. The van der Waals surface area contributed by atoms with Crippen molar-refractivity contribution in [2.45, 2.75) is 19.0 Å². The molecule has 0 spiro atoms. The molecule has 1 saturated heterocycles. The minimum Gasteiger partial charge on any atom is -0.381 e. The first-order valence-electron chi connectivity index (χ1n) is 6.87. The lowest BCUT2D eigenvalue weighted by molar-refractivity contribution is 0.0208. The molecule has 2 rings (SSSR count). The molecule has 2 unspecified atom stereocenters. The van der Waals surface area contributed by atoms with Gasteiger partial charge in [0.1, 0.15) is 5.82 Å². The Kier molecular flexibility index (Phi) is 5.31. The lowest BCUT2D eigenvalue weighted by atomic mass is 9.95. The third-order valence-electron chi connectivity index (χ3n) is 3.73. The van der Waals surface area contributed by atoms with Crippen LogP contribution in [0.25, 0.3) is 0 Å². The van der Waals surface area contributed by atoms with Crippen LogP contribution < -0.4 is 5.32 Å². The molecule has 0 amide bonds. The van der Waals surface area contributed by atoms with Gasteiger partial charge in [-0.1, -0.05) is 12.1 Å². The third-order valence-corrected chi connectivity index (χ3v) is 3.73. The van der Waals surface area contributed by atoms with Gasteiger partial charge in [-0.25, -0.2) is 4.39 Å². The Hall–Kier alpha value is -0.970. The first-order valence-corrected chi connectivity index (χ1v) is 6.87. The molecule has 106 valence electrons. The van der Waals surface area contributed by atoms with Gasteiger partial charge >= 0.3 is 0 Å². The Morgan fingerprint density at radius 1 is 1.47 bits per heavy atom. The van der Waals surface area contributed by atoms with Gasteiger partial charge in [-0.05, 0) is 38.2 Å². The topological polar surface area (TPSA) is 24.5 Å². The van der Waals surface area contributed by atoms with Crippen LogP contribution in [0.4, 0.5) is 4.39 Å². The average molecular weight is 266 g/mol. The van der Waals surface area contributed by atoms with E-state index in [1.165, 1.54) is 6.07 Å². The SMILES string of the molecule is CNC1CCOCC1CN(C)Cc1cccc(F)c1. The van der Waals surface area contributed by atoms with E-state index in [0.29, 0.717) is 12.0 Å². The molecule has 0 radical (unpaired) electrons. The second-order valence-electron chi connectivity index (χ2n) is 5.35. The van der Waals surface area contributed by atoms with Crippen LogP contribution in [-0.4, -0.2) is 44.8 Å². The number of benzene rings is 1. The van der Waals surface area contributed by atoms with Gasteiger partial charge in [0, 0.05) is 31.7 Å². The number of hydrogen-bond donors (Lipinski definition) is 1. The van der Waals surface area contributed by atoms with Gasteiger partial charge in [-0.3, -0.25) is 0 Å². The van der Waals surface area contributed by atoms with Gasteiger partial charge in [0.25, 0.3) is 0 Å². The Balaban J connectivity index is 1.87. The molecule has 0 bridgehead atoms. The van der Waals surface area contributed by atoms with Gasteiger partial charge in [0.15, 0.2) is 0 Å². The van der Waals surface area contributed by atoms with Crippen LogP contribution in [-0.2, 0) is 11.3 Å². The molecule has 1 fully saturated rings. The number of ether oxygens (including phenoxy) is 1. The van der Waals surface area contributed by atoms with E-state index in [1.54, 1.807) is 12.1 Å². The quantitative estimate of drug-likeness (QED) is 0.880. The van der Waals surface area contributed by atoms with Gasteiger partial charge in [-0.2, -0.15) is 0 Å². The number of halogens is 1. The lowest BCUT2D eigenvalue weighted by Gasteiger charge is -2.34. The normalized spacial score (nSPS) is 23.8. The molecule has 0 saturated carbocycles. The van der Waals surface area contributed by atoms with Crippen molar-refractivity contribution >= 4 is 0 Å². The van der Waals surface area contributed by atoms with Crippen LogP contribution in [0.1, 0.15) is 12.0 Å². The molecular formula is C15H23FN2O. The highest BCUT2D eigenvalue weighted by atomic mass is 19.1. The molecule has 1 aliphatic rings. The summed E-state index contributed by atoms with van der Waals surface area (Å²) in [6.45, 7) is 3.38. The van der Waals surface area contributed by atoms with Crippen molar-refractivity contribution < 1.29 is 9.13 Å². The van der Waals surface area contributed by atoms with E-state index in [0.717, 1.165) is 38.3 Å². The van der Waals surface area contributed by atoms with Crippen molar-refractivity contribution in [1.29, 1.82) is 0 Å². The van der Waals surface area contributed by atoms with E-state index in [4.69, 9.17) is 4.74 Å². The second-order valence-corrected chi connectivity index (χ2v) is 5.35. The first-order chi connectivity index (χ1) is 9.19. The minimum atomic E-state index is -0.167. The molecule has 1 heterocycles. The van der Waals surface area contributed by atoms with E-state index >= 15 is 0 Å². The summed E-state index contributed by atoms with van der Waals surface area (Å²) in [4.78, 5) is 2.23. The molecule has 3 nitrogen and oxygen atoms in total. The van der Waals surface area contributed by atoms with Crippen LogP contribution in [0.5, 0.6) is 0 Å². The van der Waals surface area contributed by atoms with E-state index in [2.05, 4.69) is 17.3 Å². The van der Waals surface area contributed by atoms with Gasteiger partial charge in [0.05, 0.1) is 6.61 Å². The van der Waals surface area contributed by atoms with Crippen LogP contribution in [0.15, 0.2) is 24.3 Å². The summed E-state index contributed by atoms with van der Waals surface area (Å²) in [6, 6.07) is 7.33. The van der Waals surface area contributed by atoms with Crippen LogP contribution in [0.2, 0.25) is 0 Å². The Morgan fingerprint density at radius 2 is 2.32 bits per heavy atom. The third kappa shape index (κ3) is 4.27. The molecule has 0 aliphatic carbocycles. The summed E-state index contributed by atoms with van der Waals surface area (Å²) in [5, 5.41) is 3.37. The van der Waals surface area contributed by atoms with Crippen LogP contribution in [0, 0.1) is 11.7 Å². The van der Waals surface area contributed by atoms with Gasteiger partial charge in [-0.15, -0.1) is 0 Å². The summed E-state index contributed by atoms with van der Waals surface area (Å²) in [5.41, 5.74) is 1.01. The van der Waals surface area contributed by atoms with Crippen LogP contribution >= 0.6 is 0 Å². The molecule has 1 aliphatic heterocycles. The van der Waals surface area contributed by atoms with Crippen molar-refractivity contribution in [3.8, 4) is 0 Å². The predicted molar refractivity (Wildman–Crippen MR) is 74.5 cm³/mol.